The second-order valence-corrected chi connectivity index (χ2v) is 6.29. The van der Waals surface area contributed by atoms with Crippen LogP contribution in [0.15, 0.2) is 36.4 Å². The van der Waals surface area contributed by atoms with Gasteiger partial charge in [0.1, 0.15) is 0 Å². The van der Waals surface area contributed by atoms with Gasteiger partial charge in [0.25, 0.3) is 0 Å². The van der Waals surface area contributed by atoms with Crippen molar-refractivity contribution in [2.24, 2.45) is 0 Å². The molecular formula is C23H26O9. The average Bonchev–Trinajstić information content (AvgIpc) is 2.81. The van der Waals surface area contributed by atoms with E-state index >= 15 is 0 Å². The Bertz CT molecular complexity index is 877. The second kappa shape index (κ2) is 12.2. The zero-order valence-electron chi connectivity index (χ0n) is 18.5. The molecule has 2 rings (SSSR count). The van der Waals surface area contributed by atoms with Gasteiger partial charge in [0, 0.05) is 0 Å². The first-order chi connectivity index (χ1) is 15.4. The molecule has 0 aliphatic carbocycles. The van der Waals surface area contributed by atoms with Crippen molar-refractivity contribution in [2.45, 2.75) is 13.8 Å². The van der Waals surface area contributed by atoms with Gasteiger partial charge in [0.15, 0.2) is 36.2 Å². The molecule has 2 aromatic rings. The summed E-state index contributed by atoms with van der Waals surface area (Å²) in [4.78, 5) is 36.5. The number of ketones is 1. The van der Waals surface area contributed by atoms with Crippen LogP contribution in [0.2, 0.25) is 0 Å². The molecule has 172 valence electrons. The van der Waals surface area contributed by atoms with Crippen molar-refractivity contribution in [1.82, 2.24) is 0 Å². The van der Waals surface area contributed by atoms with E-state index in [0.717, 1.165) is 0 Å². The number of methoxy groups -OCH3 is 2. The van der Waals surface area contributed by atoms with E-state index in [1.807, 2.05) is 0 Å². The van der Waals surface area contributed by atoms with Crippen molar-refractivity contribution >= 4 is 17.7 Å². The van der Waals surface area contributed by atoms with Crippen molar-refractivity contribution in [3.05, 3.63) is 47.5 Å². The predicted molar refractivity (Wildman–Crippen MR) is 114 cm³/mol. The molecular weight excluding hydrogens is 420 g/mol. The highest BCUT2D eigenvalue weighted by Crippen LogP contribution is 2.29. The van der Waals surface area contributed by atoms with Crippen LogP contribution in [0, 0.1) is 0 Å². The van der Waals surface area contributed by atoms with Crippen LogP contribution in [-0.4, -0.2) is 58.4 Å². The highest BCUT2D eigenvalue weighted by atomic mass is 16.6. The lowest BCUT2D eigenvalue weighted by atomic mass is 10.2. The number of rotatable bonds is 12. The Morgan fingerprint density at radius 2 is 1.06 bits per heavy atom. The first-order valence-electron chi connectivity index (χ1n) is 9.91. The molecule has 0 bridgehead atoms. The van der Waals surface area contributed by atoms with Gasteiger partial charge in [-0.05, 0) is 50.2 Å². The topological polar surface area (TPSA) is 107 Å². The Kier molecular flexibility index (Phi) is 9.34. The van der Waals surface area contributed by atoms with Gasteiger partial charge in [0.2, 0.25) is 5.78 Å². The summed E-state index contributed by atoms with van der Waals surface area (Å²) < 4.78 is 31.2. The highest BCUT2D eigenvalue weighted by molar-refractivity contribution is 5.94. The van der Waals surface area contributed by atoms with E-state index in [0.29, 0.717) is 36.2 Å². The Morgan fingerprint density at radius 1 is 0.656 bits per heavy atom. The van der Waals surface area contributed by atoms with Crippen LogP contribution >= 0.6 is 0 Å². The summed E-state index contributed by atoms with van der Waals surface area (Å²) in [6.07, 6.45) is 0. The molecule has 0 saturated heterocycles. The van der Waals surface area contributed by atoms with E-state index in [4.69, 9.17) is 28.4 Å². The highest BCUT2D eigenvalue weighted by Gasteiger charge is 2.17. The summed E-state index contributed by atoms with van der Waals surface area (Å²) >= 11 is 0. The minimum Gasteiger partial charge on any atom is -0.493 e. The average molecular weight is 446 g/mol. The molecule has 9 nitrogen and oxygen atoms in total. The molecule has 0 N–H and O–H groups in total. The molecule has 0 aliphatic rings. The smallest absolute Gasteiger partial charge is 0.338 e. The Labute approximate surface area is 186 Å². The van der Waals surface area contributed by atoms with Crippen LogP contribution in [0.1, 0.15) is 34.6 Å². The number of Topliss-reactive ketones (excluding diaryl/α,β-unsaturated/α-hetero) is 1. The zero-order chi connectivity index (χ0) is 23.5. The number of carbonyl (C=O) groups excluding carboxylic acids is 3. The Balaban J connectivity index is 1.89. The summed E-state index contributed by atoms with van der Waals surface area (Å²) in [6, 6.07) is 9.05. The fraction of sp³-hybridized carbons (Fsp3) is 0.348. The predicted octanol–water partition coefficient (Wildman–Crippen LogP) is 3.08. The molecule has 32 heavy (non-hydrogen) atoms. The fourth-order valence-electron chi connectivity index (χ4n) is 2.64. The van der Waals surface area contributed by atoms with Crippen LogP contribution in [0.25, 0.3) is 0 Å². The Morgan fingerprint density at radius 3 is 1.41 bits per heavy atom. The SMILES string of the molecule is CCOc1cc(C(=O)OCC(=O)COC(=O)c2ccc(OC)c(OCC)c2)ccc1OC. The molecule has 2 aromatic carbocycles. The molecule has 0 amide bonds. The Hall–Kier alpha value is -3.75. The first-order valence-corrected chi connectivity index (χ1v) is 9.91. The van der Waals surface area contributed by atoms with Gasteiger partial charge in [-0.15, -0.1) is 0 Å². The van der Waals surface area contributed by atoms with Gasteiger partial charge in [0.05, 0.1) is 38.6 Å². The maximum absolute atomic E-state index is 12.2. The van der Waals surface area contributed by atoms with Gasteiger partial charge < -0.3 is 28.4 Å². The third-order valence-corrected chi connectivity index (χ3v) is 4.13. The molecule has 0 aliphatic heterocycles. The van der Waals surface area contributed by atoms with E-state index in [1.165, 1.54) is 38.5 Å². The standard InChI is InChI=1S/C23H26O9/c1-5-29-20-11-15(7-9-18(20)27-3)22(25)31-13-17(24)14-32-23(26)16-8-10-19(28-4)21(12-16)30-6-2/h7-12H,5-6,13-14H2,1-4H3. The van der Waals surface area contributed by atoms with Gasteiger partial charge in [-0.3, -0.25) is 4.79 Å². The number of hydrogen-bond acceptors (Lipinski definition) is 9. The van der Waals surface area contributed by atoms with Crippen molar-refractivity contribution in [3.8, 4) is 23.0 Å². The number of hydrogen-bond donors (Lipinski definition) is 0. The fourth-order valence-corrected chi connectivity index (χ4v) is 2.64. The van der Waals surface area contributed by atoms with Gasteiger partial charge >= 0.3 is 11.9 Å². The molecule has 0 spiro atoms. The summed E-state index contributed by atoms with van der Waals surface area (Å²) in [7, 11) is 2.97. The largest absolute Gasteiger partial charge is 0.493 e. The van der Waals surface area contributed by atoms with Gasteiger partial charge in [-0.2, -0.15) is 0 Å². The minimum absolute atomic E-state index is 0.195. The van der Waals surface area contributed by atoms with E-state index in [2.05, 4.69) is 0 Å². The number of carbonyl (C=O) groups is 3. The molecule has 0 atom stereocenters. The van der Waals surface area contributed by atoms with Crippen LogP contribution < -0.4 is 18.9 Å². The molecule has 0 heterocycles. The van der Waals surface area contributed by atoms with Gasteiger partial charge in [-0.25, -0.2) is 9.59 Å². The third kappa shape index (κ3) is 6.63. The van der Waals surface area contributed by atoms with E-state index in [1.54, 1.807) is 26.0 Å². The van der Waals surface area contributed by atoms with Crippen molar-refractivity contribution in [2.75, 3.05) is 40.6 Å². The van der Waals surface area contributed by atoms with Crippen LogP contribution in [0.3, 0.4) is 0 Å². The maximum atomic E-state index is 12.2. The van der Waals surface area contributed by atoms with Crippen molar-refractivity contribution in [1.29, 1.82) is 0 Å². The summed E-state index contributed by atoms with van der Waals surface area (Å²) in [5.74, 6) is -0.306. The molecule has 0 radical (unpaired) electrons. The molecule has 0 aromatic heterocycles. The number of esters is 2. The van der Waals surface area contributed by atoms with Crippen LogP contribution in [0.5, 0.6) is 23.0 Å². The van der Waals surface area contributed by atoms with Crippen LogP contribution in [0.4, 0.5) is 0 Å². The zero-order valence-corrected chi connectivity index (χ0v) is 18.5. The monoisotopic (exact) mass is 446 g/mol. The van der Waals surface area contributed by atoms with Gasteiger partial charge in [-0.1, -0.05) is 0 Å². The van der Waals surface area contributed by atoms with E-state index in [-0.39, 0.29) is 11.1 Å². The number of ether oxygens (including phenoxy) is 6. The van der Waals surface area contributed by atoms with E-state index in [9.17, 15) is 14.4 Å². The lowest BCUT2D eigenvalue weighted by Gasteiger charge is -2.11. The number of benzene rings is 2. The van der Waals surface area contributed by atoms with E-state index < -0.39 is 30.9 Å². The minimum atomic E-state index is -0.718. The summed E-state index contributed by atoms with van der Waals surface area (Å²) in [6.45, 7) is 3.28. The summed E-state index contributed by atoms with van der Waals surface area (Å²) in [5.41, 5.74) is 0.390. The lowest BCUT2D eigenvalue weighted by Crippen LogP contribution is -2.20. The first kappa shape index (κ1) is 24.5. The van der Waals surface area contributed by atoms with Crippen molar-refractivity contribution in [3.63, 3.8) is 0 Å². The quantitative estimate of drug-likeness (QED) is 0.455. The molecule has 9 heteroatoms. The molecule has 0 saturated carbocycles. The molecule has 0 unspecified atom stereocenters. The maximum Gasteiger partial charge on any atom is 0.338 e. The third-order valence-electron chi connectivity index (χ3n) is 4.13. The normalized spacial score (nSPS) is 10.1. The van der Waals surface area contributed by atoms with Crippen molar-refractivity contribution < 1.29 is 42.8 Å². The molecule has 0 fully saturated rings. The van der Waals surface area contributed by atoms with Crippen LogP contribution in [-0.2, 0) is 14.3 Å². The second-order valence-electron chi connectivity index (χ2n) is 6.29. The summed E-state index contributed by atoms with van der Waals surface area (Å²) in [5, 5.41) is 0. The lowest BCUT2D eigenvalue weighted by molar-refractivity contribution is -0.125.